The molecule has 0 amide bonds. The summed E-state index contributed by atoms with van der Waals surface area (Å²) in [5.74, 6) is -0.133. The van der Waals surface area contributed by atoms with Crippen LogP contribution in [0.4, 0.5) is 0 Å². The van der Waals surface area contributed by atoms with Crippen molar-refractivity contribution in [2.24, 2.45) is 0 Å². The molecule has 0 N–H and O–H groups in total. The molecular formula is C15H13Cl2NO4S. The number of ketones is 2. The Kier molecular flexibility index (Phi) is 6.53. The van der Waals surface area contributed by atoms with E-state index >= 15 is 0 Å². The van der Waals surface area contributed by atoms with Gasteiger partial charge in [0.15, 0.2) is 23.5 Å². The monoisotopic (exact) mass is 373 g/mol. The van der Waals surface area contributed by atoms with Gasteiger partial charge in [-0.05, 0) is 42.7 Å². The molecular weight excluding hydrogens is 361 g/mol. The van der Waals surface area contributed by atoms with E-state index in [1.54, 1.807) is 24.3 Å². The van der Waals surface area contributed by atoms with Crippen LogP contribution in [-0.2, 0) is 4.74 Å². The molecule has 0 fully saturated rings. The van der Waals surface area contributed by atoms with Gasteiger partial charge in [0.1, 0.15) is 15.6 Å². The summed E-state index contributed by atoms with van der Waals surface area (Å²) in [6, 6.07) is 6.48. The van der Waals surface area contributed by atoms with E-state index in [1.807, 2.05) is 6.92 Å². The van der Waals surface area contributed by atoms with Gasteiger partial charge in [-0.2, -0.15) is 4.37 Å². The summed E-state index contributed by atoms with van der Waals surface area (Å²) in [6.07, 6.45) is -0.294. The molecule has 1 aromatic heterocycles. The number of aromatic nitrogens is 1. The molecule has 0 aliphatic carbocycles. The van der Waals surface area contributed by atoms with Crippen LogP contribution in [0.5, 0.6) is 5.75 Å². The maximum Gasteiger partial charge on any atom is 0.189 e. The lowest BCUT2D eigenvalue weighted by atomic mass is 10.1. The maximum absolute atomic E-state index is 12.1. The molecule has 23 heavy (non-hydrogen) atoms. The van der Waals surface area contributed by atoms with Crippen molar-refractivity contribution >= 4 is 46.3 Å². The van der Waals surface area contributed by atoms with Crippen LogP contribution in [0.1, 0.15) is 33.4 Å². The number of halogens is 2. The third-order valence-corrected chi connectivity index (χ3v) is 4.70. The zero-order valence-corrected chi connectivity index (χ0v) is 14.5. The summed E-state index contributed by atoms with van der Waals surface area (Å²) in [6.45, 7) is 2.57. The number of carbonyl (C=O) groups excluding carboxylic acids is 2. The van der Waals surface area contributed by atoms with Gasteiger partial charge in [-0.25, -0.2) is 0 Å². The standard InChI is InChI=1S/C15H13Cl2NO4S/c1-2-21-8-22-10-5-3-9(4-6-10)11(19)7-12(20)14-13(16)15(17)18-23-14/h3-6H,2,7-8H2,1H3. The number of benzene rings is 1. The van der Waals surface area contributed by atoms with Crippen LogP contribution < -0.4 is 4.74 Å². The predicted octanol–water partition coefficient (Wildman–Crippen LogP) is 4.28. The van der Waals surface area contributed by atoms with E-state index < -0.39 is 5.78 Å². The Morgan fingerprint density at radius 2 is 1.87 bits per heavy atom. The van der Waals surface area contributed by atoms with E-state index in [-0.39, 0.29) is 34.0 Å². The van der Waals surface area contributed by atoms with Crippen LogP contribution in [0.3, 0.4) is 0 Å². The molecule has 5 nitrogen and oxygen atoms in total. The van der Waals surface area contributed by atoms with Gasteiger partial charge in [0.2, 0.25) is 0 Å². The lowest BCUT2D eigenvalue weighted by Gasteiger charge is -2.06. The first kappa shape index (κ1) is 17.9. The molecule has 122 valence electrons. The summed E-state index contributed by atoms with van der Waals surface area (Å²) >= 11 is 12.5. The van der Waals surface area contributed by atoms with Gasteiger partial charge in [0, 0.05) is 12.2 Å². The highest BCUT2D eigenvalue weighted by molar-refractivity contribution is 7.09. The number of nitrogens with zero attached hydrogens (tertiary/aromatic N) is 1. The number of Topliss-reactive ketones (excluding diaryl/α,β-unsaturated/α-hetero) is 2. The van der Waals surface area contributed by atoms with Crippen LogP contribution in [0.15, 0.2) is 24.3 Å². The van der Waals surface area contributed by atoms with Gasteiger partial charge in [-0.15, -0.1) is 0 Å². The van der Waals surface area contributed by atoms with Crippen molar-refractivity contribution in [3.05, 3.63) is 44.9 Å². The van der Waals surface area contributed by atoms with Crippen LogP contribution in [0.2, 0.25) is 10.2 Å². The average Bonchev–Trinajstić information content (AvgIpc) is 2.88. The minimum Gasteiger partial charge on any atom is -0.468 e. The fourth-order valence-corrected chi connectivity index (χ4v) is 2.86. The minimum absolute atomic E-state index is 0.0725. The molecule has 0 unspecified atom stereocenters. The first-order valence-electron chi connectivity index (χ1n) is 6.70. The fourth-order valence-electron chi connectivity index (χ4n) is 1.69. The third kappa shape index (κ3) is 4.75. The van der Waals surface area contributed by atoms with Crippen molar-refractivity contribution in [1.29, 1.82) is 0 Å². The Balaban J connectivity index is 1.97. The van der Waals surface area contributed by atoms with Gasteiger partial charge in [-0.1, -0.05) is 23.2 Å². The molecule has 0 saturated carbocycles. The smallest absolute Gasteiger partial charge is 0.189 e. The average molecular weight is 374 g/mol. The predicted molar refractivity (Wildman–Crippen MR) is 89.0 cm³/mol. The molecule has 8 heteroatoms. The first-order chi connectivity index (χ1) is 11.0. The number of carbonyl (C=O) groups is 2. The van der Waals surface area contributed by atoms with E-state index in [0.717, 1.165) is 11.5 Å². The first-order valence-corrected chi connectivity index (χ1v) is 8.23. The molecule has 0 spiro atoms. The van der Waals surface area contributed by atoms with Gasteiger partial charge in [-0.3, -0.25) is 9.59 Å². The highest BCUT2D eigenvalue weighted by atomic mass is 35.5. The molecule has 0 atom stereocenters. The van der Waals surface area contributed by atoms with Gasteiger partial charge < -0.3 is 9.47 Å². The second-order valence-corrected chi connectivity index (χ2v) is 5.93. The molecule has 0 saturated heterocycles. The van der Waals surface area contributed by atoms with Crippen LogP contribution >= 0.6 is 34.7 Å². The van der Waals surface area contributed by atoms with Crippen molar-refractivity contribution in [1.82, 2.24) is 4.37 Å². The van der Waals surface area contributed by atoms with E-state index in [4.69, 9.17) is 32.7 Å². The van der Waals surface area contributed by atoms with Gasteiger partial charge in [0.25, 0.3) is 0 Å². The summed E-state index contributed by atoms with van der Waals surface area (Å²) in [5.41, 5.74) is 0.411. The Morgan fingerprint density at radius 1 is 1.17 bits per heavy atom. The van der Waals surface area contributed by atoms with E-state index in [0.29, 0.717) is 17.9 Å². The van der Waals surface area contributed by atoms with E-state index in [9.17, 15) is 9.59 Å². The lowest BCUT2D eigenvalue weighted by molar-refractivity contribution is 0.0224. The van der Waals surface area contributed by atoms with Crippen molar-refractivity contribution in [3.8, 4) is 5.75 Å². The molecule has 0 bridgehead atoms. The maximum atomic E-state index is 12.1. The highest BCUT2D eigenvalue weighted by Gasteiger charge is 2.20. The quantitative estimate of drug-likeness (QED) is 0.299. The number of rotatable bonds is 8. The second kappa shape index (κ2) is 8.40. The minimum atomic E-state index is -0.402. The third-order valence-electron chi connectivity index (χ3n) is 2.86. The summed E-state index contributed by atoms with van der Waals surface area (Å²) in [7, 11) is 0. The van der Waals surface area contributed by atoms with Gasteiger partial charge >= 0.3 is 0 Å². The number of hydrogen-bond acceptors (Lipinski definition) is 6. The normalized spacial score (nSPS) is 10.6. The summed E-state index contributed by atoms with van der Waals surface area (Å²) < 4.78 is 14.2. The SMILES string of the molecule is CCOCOc1ccc(C(=O)CC(=O)c2snc(Cl)c2Cl)cc1. The van der Waals surface area contributed by atoms with E-state index in [1.165, 1.54) is 0 Å². The van der Waals surface area contributed by atoms with Crippen LogP contribution in [0.25, 0.3) is 0 Å². The van der Waals surface area contributed by atoms with Crippen molar-refractivity contribution in [2.75, 3.05) is 13.4 Å². The van der Waals surface area contributed by atoms with Crippen molar-refractivity contribution in [2.45, 2.75) is 13.3 Å². The zero-order valence-electron chi connectivity index (χ0n) is 12.2. The van der Waals surface area contributed by atoms with Crippen molar-refractivity contribution < 1.29 is 19.1 Å². The lowest BCUT2D eigenvalue weighted by Crippen LogP contribution is -2.08. The molecule has 0 aliphatic heterocycles. The molecule has 0 radical (unpaired) electrons. The van der Waals surface area contributed by atoms with Crippen LogP contribution in [0, 0.1) is 0 Å². The number of hydrogen-bond donors (Lipinski definition) is 0. The zero-order chi connectivity index (χ0) is 16.8. The molecule has 2 aromatic rings. The fraction of sp³-hybridized carbons (Fsp3) is 0.267. The molecule has 1 aromatic carbocycles. The summed E-state index contributed by atoms with van der Waals surface area (Å²) in [4.78, 5) is 24.4. The largest absolute Gasteiger partial charge is 0.468 e. The molecule has 2 rings (SSSR count). The topological polar surface area (TPSA) is 65.5 Å². The Hall–Kier alpha value is -1.47. The Morgan fingerprint density at radius 3 is 2.43 bits per heavy atom. The van der Waals surface area contributed by atoms with Gasteiger partial charge in [0.05, 0.1) is 6.42 Å². The highest BCUT2D eigenvalue weighted by Crippen LogP contribution is 2.29. The molecule has 0 aliphatic rings. The Labute approximate surface area is 147 Å². The second-order valence-electron chi connectivity index (χ2n) is 4.42. The Bertz CT molecular complexity index is 700. The van der Waals surface area contributed by atoms with E-state index in [2.05, 4.69) is 4.37 Å². The summed E-state index contributed by atoms with van der Waals surface area (Å²) in [5, 5.41) is 0.164. The number of ether oxygens (including phenoxy) is 2. The molecule has 1 heterocycles. The van der Waals surface area contributed by atoms with Crippen molar-refractivity contribution in [3.63, 3.8) is 0 Å². The van der Waals surface area contributed by atoms with Crippen LogP contribution in [-0.4, -0.2) is 29.3 Å².